The molecule has 2 nitrogen and oxygen atoms in total. The lowest BCUT2D eigenvalue weighted by Crippen LogP contribution is -2.24. The zero-order valence-electron chi connectivity index (χ0n) is 13.2. The SMILES string of the molecule is CCC(C)NCc1cc(Cl)ccc1OCc1ccc(Cl)cc1Cl. The molecule has 0 bridgehead atoms. The van der Waals surface area contributed by atoms with Gasteiger partial charge in [-0.15, -0.1) is 0 Å². The van der Waals surface area contributed by atoms with Gasteiger partial charge in [-0.25, -0.2) is 0 Å². The molecule has 0 radical (unpaired) electrons. The maximum atomic E-state index is 6.18. The van der Waals surface area contributed by atoms with Crippen molar-refractivity contribution in [2.24, 2.45) is 0 Å². The summed E-state index contributed by atoms with van der Waals surface area (Å²) in [5.74, 6) is 0.802. The third kappa shape index (κ3) is 5.58. The van der Waals surface area contributed by atoms with E-state index in [2.05, 4.69) is 19.2 Å². The summed E-state index contributed by atoms with van der Waals surface area (Å²) < 4.78 is 5.94. The van der Waals surface area contributed by atoms with Crippen molar-refractivity contribution in [3.8, 4) is 5.75 Å². The Hall–Kier alpha value is -0.930. The van der Waals surface area contributed by atoms with Crippen molar-refractivity contribution in [2.75, 3.05) is 0 Å². The first-order chi connectivity index (χ1) is 11.0. The summed E-state index contributed by atoms with van der Waals surface area (Å²) in [6.45, 7) is 5.39. The quantitative estimate of drug-likeness (QED) is 0.632. The maximum Gasteiger partial charge on any atom is 0.124 e. The summed E-state index contributed by atoms with van der Waals surface area (Å²) in [4.78, 5) is 0. The number of hydrogen-bond donors (Lipinski definition) is 1. The summed E-state index contributed by atoms with van der Waals surface area (Å²) in [6.07, 6.45) is 1.07. The normalized spacial score (nSPS) is 12.2. The summed E-state index contributed by atoms with van der Waals surface area (Å²) in [5.41, 5.74) is 1.93. The van der Waals surface area contributed by atoms with Crippen LogP contribution in [0.25, 0.3) is 0 Å². The first kappa shape index (κ1) is 18.4. The Morgan fingerprint density at radius 3 is 2.39 bits per heavy atom. The van der Waals surface area contributed by atoms with Crippen LogP contribution in [0.3, 0.4) is 0 Å². The predicted molar refractivity (Wildman–Crippen MR) is 98.8 cm³/mol. The molecule has 0 fully saturated rings. The molecule has 0 aliphatic heterocycles. The maximum absolute atomic E-state index is 6.18. The number of hydrogen-bond acceptors (Lipinski definition) is 2. The summed E-state index contributed by atoms with van der Waals surface area (Å²) >= 11 is 18.2. The van der Waals surface area contributed by atoms with Gasteiger partial charge >= 0.3 is 0 Å². The molecule has 0 saturated heterocycles. The fourth-order valence-corrected chi connectivity index (χ4v) is 2.71. The first-order valence-electron chi connectivity index (χ1n) is 7.58. The van der Waals surface area contributed by atoms with Gasteiger partial charge < -0.3 is 10.1 Å². The summed E-state index contributed by atoms with van der Waals surface area (Å²) in [6, 6.07) is 11.5. The predicted octanol–water partition coefficient (Wildman–Crippen LogP) is 6.11. The van der Waals surface area contributed by atoms with Crippen molar-refractivity contribution < 1.29 is 4.74 Å². The topological polar surface area (TPSA) is 21.3 Å². The van der Waals surface area contributed by atoms with Crippen LogP contribution < -0.4 is 10.1 Å². The molecule has 23 heavy (non-hydrogen) atoms. The number of rotatable bonds is 7. The van der Waals surface area contributed by atoms with Crippen molar-refractivity contribution in [3.63, 3.8) is 0 Å². The highest BCUT2D eigenvalue weighted by atomic mass is 35.5. The van der Waals surface area contributed by atoms with Gasteiger partial charge in [0.25, 0.3) is 0 Å². The lowest BCUT2D eigenvalue weighted by molar-refractivity contribution is 0.301. The van der Waals surface area contributed by atoms with E-state index in [1.165, 1.54) is 0 Å². The Labute approximate surface area is 152 Å². The van der Waals surface area contributed by atoms with Crippen LogP contribution in [0.1, 0.15) is 31.4 Å². The molecule has 0 amide bonds. The molecule has 0 spiro atoms. The van der Waals surface area contributed by atoms with Crippen molar-refractivity contribution in [1.29, 1.82) is 0 Å². The van der Waals surface area contributed by atoms with Crippen molar-refractivity contribution >= 4 is 34.8 Å². The largest absolute Gasteiger partial charge is 0.489 e. The van der Waals surface area contributed by atoms with Crippen LogP contribution in [0, 0.1) is 0 Å². The minimum absolute atomic E-state index is 0.383. The summed E-state index contributed by atoms with van der Waals surface area (Å²) in [5, 5.41) is 5.37. The third-order valence-electron chi connectivity index (χ3n) is 3.67. The molecule has 1 atom stereocenters. The van der Waals surface area contributed by atoms with E-state index in [4.69, 9.17) is 39.5 Å². The Balaban J connectivity index is 2.09. The molecule has 2 rings (SSSR count). The number of benzene rings is 2. The van der Waals surface area contributed by atoms with Gasteiger partial charge in [0, 0.05) is 38.8 Å². The van der Waals surface area contributed by atoms with E-state index in [1.807, 2.05) is 24.3 Å². The van der Waals surface area contributed by atoms with Crippen molar-refractivity contribution in [3.05, 3.63) is 62.6 Å². The van der Waals surface area contributed by atoms with Gasteiger partial charge in [-0.05, 0) is 43.7 Å². The van der Waals surface area contributed by atoms with Crippen molar-refractivity contribution in [2.45, 2.75) is 39.5 Å². The Bertz CT molecular complexity index is 661. The van der Waals surface area contributed by atoms with E-state index < -0.39 is 0 Å². The minimum atomic E-state index is 0.383. The second-order valence-electron chi connectivity index (χ2n) is 5.47. The molecule has 5 heteroatoms. The van der Waals surface area contributed by atoms with E-state index in [-0.39, 0.29) is 0 Å². The molecule has 1 unspecified atom stereocenters. The average Bonchev–Trinajstić information content (AvgIpc) is 2.53. The molecule has 124 valence electrons. The molecule has 0 saturated carbocycles. The molecule has 2 aromatic rings. The molecule has 0 aromatic heterocycles. The Kier molecular flexibility index (Phi) is 7.04. The molecule has 2 aromatic carbocycles. The standard InChI is InChI=1S/C18H20Cl3NO/c1-3-12(2)22-10-14-8-15(19)6-7-18(14)23-11-13-4-5-16(20)9-17(13)21/h4-9,12,22H,3,10-11H2,1-2H3. The van der Waals surface area contributed by atoms with Gasteiger partial charge in [0.05, 0.1) is 0 Å². The average molecular weight is 373 g/mol. The van der Waals surface area contributed by atoms with Crippen LogP contribution in [0.5, 0.6) is 5.75 Å². The van der Waals surface area contributed by atoms with E-state index in [0.29, 0.717) is 34.3 Å². The van der Waals surface area contributed by atoms with Gasteiger partial charge in [-0.2, -0.15) is 0 Å². The lowest BCUT2D eigenvalue weighted by Gasteiger charge is -2.16. The van der Waals surface area contributed by atoms with E-state index in [0.717, 1.165) is 23.3 Å². The highest BCUT2D eigenvalue weighted by Crippen LogP contribution is 2.26. The van der Waals surface area contributed by atoms with Crippen molar-refractivity contribution in [1.82, 2.24) is 5.32 Å². The molecule has 0 aliphatic rings. The Morgan fingerprint density at radius 2 is 1.70 bits per heavy atom. The second kappa shape index (κ2) is 8.79. The van der Waals surface area contributed by atoms with Gasteiger partial charge in [-0.1, -0.05) is 47.8 Å². The molecule has 0 heterocycles. The third-order valence-corrected chi connectivity index (χ3v) is 4.50. The lowest BCUT2D eigenvalue weighted by atomic mass is 10.1. The second-order valence-corrected chi connectivity index (χ2v) is 6.75. The van der Waals surface area contributed by atoms with Crippen LogP contribution in [0.15, 0.2) is 36.4 Å². The zero-order chi connectivity index (χ0) is 16.8. The van der Waals surface area contributed by atoms with E-state index in [1.54, 1.807) is 12.1 Å². The van der Waals surface area contributed by atoms with Gasteiger partial charge in [0.1, 0.15) is 12.4 Å². The minimum Gasteiger partial charge on any atom is -0.489 e. The monoisotopic (exact) mass is 371 g/mol. The first-order valence-corrected chi connectivity index (χ1v) is 8.71. The highest BCUT2D eigenvalue weighted by Gasteiger charge is 2.08. The summed E-state index contributed by atoms with van der Waals surface area (Å²) in [7, 11) is 0. The number of ether oxygens (including phenoxy) is 1. The molecule has 0 aliphatic carbocycles. The van der Waals surface area contributed by atoms with E-state index >= 15 is 0 Å². The van der Waals surface area contributed by atoms with Crippen LogP contribution >= 0.6 is 34.8 Å². The number of halogens is 3. The van der Waals surface area contributed by atoms with E-state index in [9.17, 15) is 0 Å². The van der Waals surface area contributed by atoms with Gasteiger partial charge in [-0.3, -0.25) is 0 Å². The highest BCUT2D eigenvalue weighted by molar-refractivity contribution is 6.35. The van der Waals surface area contributed by atoms with Crippen LogP contribution in [0.4, 0.5) is 0 Å². The fourth-order valence-electron chi connectivity index (χ4n) is 2.05. The zero-order valence-corrected chi connectivity index (χ0v) is 15.5. The van der Waals surface area contributed by atoms with Gasteiger partial charge in [0.15, 0.2) is 0 Å². The smallest absolute Gasteiger partial charge is 0.124 e. The fraction of sp³-hybridized carbons (Fsp3) is 0.333. The van der Waals surface area contributed by atoms with Crippen LogP contribution in [-0.2, 0) is 13.2 Å². The number of nitrogens with one attached hydrogen (secondary N) is 1. The molecular weight excluding hydrogens is 353 g/mol. The Morgan fingerprint density at radius 1 is 1.00 bits per heavy atom. The van der Waals surface area contributed by atoms with Crippen LogP contribution in [0.2, 0.25) is 15.1 Å². The van der Waals surface area contributed by atoms with Gasteiger partial charge in [0.2, 0.25) is 0 Å². The molecular formula is C18H20Cl3NO. The molecule has 1 N–H and O–H groups in total. The van der Waals surface area contributed by atoms with Crippen LogP contribution in [-0.4, -0.2) is 6.04 Å².